The number of para-hydroxylation sites is 1. The third-order valence-electron chi connectivity index (χ3n) is 5.15. The standard InChI is InChI=1S/C21H12N2O5/c24-20-18(12-7-22-14-4-2-1-3-10(12)14)19(21(25)28-20)13-8-23-15-6-17-16(5-11(13)15)26-9-27-17/h1-8,22-23H,9H2. The van der Waals surface area contributed by atoms with E-state index in [1.807, 2.05) is 30.3 Å². The van der Waals surface area contributed by atoms with E-state index in [0.717, 1.165) is 21.8 Å². The second-order valence-corrected chi connectivity index (χ2v) is 6.63. The van der Waals surface area contributed by atoms with E-state index < -0.39 is 11.9 Å². The molecule has 0 unspecified atom stereocenters. The summed E-state index contributed by atoms with van der Waals surface area (Å²) >= 11 is 0. The Morgan fingerprint density at radius 3 is 2.18 bits per heavy atom. The summed E-state index contributed by atoms with van der Waals surface area (Å²) in [6.45, 7) is 0.154. The third kappa shape index (κ3) is 1.92. The molecule has 4 aromatic rings. The summed E-state index contributed by atoms with van der Waals surface area (Å²) in [5.41, 5.74) is 3.36. The Kier molecular flexibility index (Phi) is 2.84. The minimum atomic E-state index is -0.663. The van der Waals surface area contributed by atoms with Crippen molar-refractivity contribution >= 4 is 44.9 Å². The molecular formula is C21H12N2O5. The zero-order chi connectivity index (χ0) is 18.8. The van der Waals surface area contributed by atoms with Gasteiger partial charge in [-0.3, -0.25) is 0 Å². The number of fused-ring (bicyclic) bond motifs is 3. The minimum Gasteiger partial charge on any atom is -0.454 e. The summed E-state index contributed by atoms with van der Waals surface area (Å²) < 4.78 is 15.9. The fraction of sp³-hybridized carbons (Fsp3) is 0.0476. The maximum absolute atomic E-state index is 12.6. The number of H-pyrrole nitrogens is 2. The lowest BCUT2D eigenvalue weighted by Crippen LogP contribution is -2.01. The molecule has 7 heteroatoms. The number of aromatic amines is 2. The molecule has 0 aliphatic carbocycles. The fourth-order valence-corrected chi connectivity index (χ4v) is 3.88. The van der Waals surface area contributed by atoms with Gasteiger partial charge >= 0.3 is 11.9 Å². The highest BCUT2D eigenvalue weighted by Crippen LogP contribution is 2.42. The number of ether oxygens (including phenoxy) is 3. The third-order valence-corrected chi connectivity index (χ3v) is 5.15. The van der Waals surface area contributed by atoms with Crippen molar-refractivity contribution in [1.29, 1.82) is 0 Å². The van der Waals surface area contributed by atoms with Gasteiger partial charge in [0, 0.05) is 51.4 Å². The molecule has 136 valence electrons. The largest absolute Gasteiger partial charge is 0.454 e. The monoisotopic (exact) mass is 372 g/mol. The molecule has 28 heavy (non-hydrogen) atoms. The molecule has 4 heterocycles. The normalized spacial score (nSPS) is 15.9. The van der Waals surface area contributed by atoms with Gasteiger partial charge in [0.15, 0.2) is 11.5 Å². The van der Waals surface area contributed by atoms with Crippen LogP contribution in [0.15, 0.2) is 48.8 Å². The summed E-state index contributed by atoms with van der Waals surface area (Å²) in [4.78, 5) is 31.5. The first-order chi connectivity index (χ1) is 13.7. The molecule has 2 aliphatic rings. The van der Waals surface area contributed by atoms with Gasteiger partial charge in [0.1, 0.15) is 0 Å². The number of carbonyl (C=O) groups is 2. The molecule has 0 spiro atoms. The van der Waals surface area contributed by atoms with Crippen LogP contribution in [0.4, 0.5) is 0 Å². The summed E-state index contributed by atoms with van der Waals surface area (Å²) in [6.07, 6.45) is 3.42. The van der Waals surface area contributed by atoms with Gasteiger partial charge in [-0.1, -0.05) is 18.2 Å². The van der Waals surface area contributed by atoms with Crippen molar-refractivity contribution in [1.82, 2.24) is 9.97 Å². The van der Waals surface area contributed by atoms with E-state index in [0.29, 0.717) is 22.6 Å². The topological polar surface area (TPSA) is 93.4 Å². The van der Waals surface area contributed by atoms with Gasteiger partial charge < -0.3 is 24.2 Å². The Balaban J connectivity index is 1.65. The Bertz CT molecular complexity index is 1360. The Hall–Kier alpha value is -4.00. The molecule has 2 aliphatic heterocycles. The van der Waals surface area contributed by atoms with Gasteiger partial charge in [0.05, 0.1) is 11.1 Å². The van der Waals surface area contributed by atoms with E-state index in [1.54, 1.807) is 18.5 Å². The number of rotatable bonds is 2. The van der Waals surface area contributed by atoms with Crippen LogP contribution in [0.3, 0.4) is 0 Å². The number of benzene rings is 2. The number of cyclic esters (lactones) is 2. The van der Waals surface area contributed by atoms with Crippen LogP contribution in [0.5, 0.6) is 11.5 Å². The zero-order valence-corrected chi connectivity index (χ0v) is 14.4. The van der Waals surface area contributed by atoms with Crippen molar-refractivity contribution in [3.63, 3.8) is 0 Å². The predicted octanol–water partition coefficient (Wildman–Crippen LogP) is 3.37. The first kappa shape index (κ1) is 15.1. The van der Waals surface area contributed by atoms with Gasteiger partial charge in [-0.15, -0.1) is 0 Å². The molecule has 0 atom stereocenters. The highest BCUT2D eigenvalue weighted by Gasteiger charge is 2.37. The molecule has 2 aromatic carbocycles. The van der Waals surface area contributed by atoms with Crippen LogP contribution in [-0.4, -0.2) is 28.7 Å². The van der Waals surface area contributed by atoms with Gasteiger partial charge in [-0.25, -0.2) is 9.59 Å². The van der Waals surface area contributed by atoms with Gasteiger partial charge in [0.2, 0.25) is 6.79 Å². The fourth-order valence-electron chi connectivity index (χ4n) is 3.88. The summed E-state index contributed by atoms with van der Waals surface area (Å²) in [6, 6.07) is 11.2. The van der Waals surface area contributed by atoms with E-state index in [1.165, 1.54) is 0 Å². The van der Waals surface area contributed by atoms with E-state index >= 15 is 0 Å². The lowest BCUT2D eigenvalue weighted by atomic mass is 9.95. The first-order valence-electron chi connectivity index (χ1n) is 8.69. The highest BCUT2D eigenvalue weighted by atomic mass is 16.7. The van der Waals surface area contributed by atoms with Crippen LogP contribution in [0.2, 0.25) is 0 Å². The number of esters is 2. The smallest absolute Gasteiger partial charge is 0.347 e. The van der Waals surface area contributed by atoms with Crippen molar-refractivity contribution in [2.24, 2.45) is 0 Å². The maximum Gasteiger partial charge on any atom is 0.347 e. The van der Waals surface area contributed by atoms with E-state index in [9.17, 15) is 9.59 Å². The second kappa shape index (κ2) is 5.26. The average molecular weight is 372 g/mol. The Morgan fingerprint density at radius 1 is 0.750 bits per heavy atom. The van der Waals surface area contributed by atoms with Crippen LogP contribution in [0.25, 0.3) is 33.0 Å². The van der Waals surface area contributed by atoms with Crippen molar-refractivity contribution in [2.75, 3.05) is 6.79 Å². The lowest BCUT2D eigenvalue weighted by molar-refractivity contribution is -0.149. The molecular weight excluding hydrogens is 360 g/mol. The van der Waals surface area contributed by atoms with E-state index in [4.69, 9.17) is 14.2 Å². The number of hydrogen-bond acceptors (Lipinski definition) is 5. The van der Waals surface area contributed by atoms with Gasteiger partial charge in [-0.2, -0.15) is 0 Å². The van der Waals surface area contributed by atoms with Crippen molar-refractivity contribution < 1.29 is 23.8 Å². The Labute approximate surface area is 157 Å². The maximum atomic E-state index is 12.6. The predicted molar refractivity (Wildman–Crippen MR) is 101 cm³/mol. The van der Waals surface area contributed by atoms with Crippen LogP contribution in [0.1, 0.15) is 11.1 Å². The summed E-state index contributed by atoms with van der Waals surface area (Å²) in [5.74, 6) is -0.0826. The Morgan fingerprint density at radius 2 is 1.39 bits per heavy atom. The quantitative estimate of drug-likeness (QED) is 0.416. The lowest BCUT2D eigenvalue weighted by Gasteiger charge is -2.02. The first-order valence-corrected chi connectivity index (χ1v) is 8.69. The van der Waals surface area contributed by atoms with Crippen LogP contribution in [-0.2, 0) is 14.3 Å². The van der Waals surface area contributed by atoms with E-state index in [-0.39, 0.29) is 17.9 Å². The number of hydrogen-bond donors (Lipinski definition) is 2. The van der Waals surface area contributed by atoms with Crippen LogP contribution in [0, 0.1) is 0 Å². The number of carbonyl (C=O) groups excluding carboxylic acids is 2. The van der Waals surface area contributed by atoms with Gasteiger partial charge in [0.25, 0.3) is 0 Å². The second-order valence-electron chi connectivity index (χ2n) is 6.63. The molecule has 0 bridgehead atoms. The van der Waals surface area contributed by atoms with Gasteiger partial charge in [-0.05, 0) is 12.1 Å². The SMILES string of the molecule is O=C1OC(=O)C(c2c[nH]c3cc4c(cc23)OCO4)=C1c1c[nH]c2ccccc12. The molecule has 0 saturated carbocycles. The number of aromatic nitrogens is 2. The van der Waals surface area contributed by atoms with E-state index in [2.05, 4.69) is 9.97 Å². The molecule has 0 saturated heterocycles. The molecule has 2 aromatic heterocycles. The number of nitrogens with one attached hydrogen (secondary N) is 2. The van der Waals surface area contributed by atoms with Crippen LogP contribution >= 0.6 is 0 Å². The van der Waals surface area contributed by atoms with Crippen molar-refractivity contribution in [3.8, 4) is 11.5 Å². The minimum absolute atomic E-state index is 0.154. The molecule has 0 amide bonds. The average Bonchev–Trinajstić information content (AvgIpc) is 3.45. The van der Waals surface area contributed by atoms with Crippen molar-refractivity contribution in [3.05, 3.63) is 59.9 Å². The van der Waals surface area contributed by atoms with Crippen LogP contribution < -0.4 is 9.47 Å². The summed E-state index contributed by atoms with van der Waals surface area (Å²) in [5, 5.41) is 1.60. The molecule has 2 N–H and O–H groups in total. The summed E-state index contributed by atoms with van der Waals surface area (Å²) in [7, 11) is 0. The van der Waals surface area contributed by atoms with Crippen molar-refractivity contribution in [2.45, 2.75) is 0 Å². The molecule has 0 radical (unpaired) electrons. The zero-order valence-electron chi connectivity index (χ0n) is 14.4. The molecule has 7 nitrogen and oxygen atoms in total. The highest BCUT2D eigenvalue weighted by molar-refractivity contribution is 6.46. The molecule has 0 fully saturated rings. The molecule has 6 rings (SSSR count).